The van der Waals surface area contributed by atoms with Crippen LogP contribution in [0.5, 0.6) is 0 Å². The fourth-order valence-corrected chi connectivity index (χ4v) is 3.93. The van der Waals surface area contributed by atoms with Gasteiger partial charge in [0.25, 0.3) is 11.6 Å². The largest absolute Gasteiger partial charge is 0.378 e. The molecule has 7 nitrogen and oxygen atoms in total. The van der Waals surface area contributed by atoms with Crippen molar-refractivity contribution in [3.63, 3.8) is 0 Å². The van der Waals surface area contributed by atoms with Crippen molar-refractivity contribution in [3.05, 3.63) is 76.0 Å². The Hall–Kier alpha value is -3.19. The van der Waals surface area contributed by atoms with Crippen molar-refractivity contribution in [2.45, 2.75) is 25.8 Å². The van der Waals surface area contributed by atoms with Crippen LogP contribution in [-0.4, -0.2) is 46.6 Å². The van der Waals surface area contributed by atoms with Crippen LogP contribution in [0.15, 0.2) is 54.7 Å². The molecule has 1 aliphatic rings. The minimum atomic E-state index is -0.378. The average Bonchev–Trinajstić information content (AvgIpc) is 3.16. The number of hydrogen-bond acceptors (Lipinski definition) is 4. The summed E-state index contributed by atoms with van der Waals surface area (Å²) in [5.41, 5.74) is 3.04. The number of fused-ring (bicyclic) bond motifs is 1. The van der Waals surface area contributed by atoms with Crippen molar-refractivity contribution >= 4 is 22.5 Å². The maximum atomic E-state index is 13.0. The summed E-state index contributed by atoms with van der Waals surface area (Å²) < 4.78 is 7.53. The van der Waals surface area contributed by atoms with Gasteiger partial charge in [0.2, 0.25) is 0 Å². The van der Waals surface area contributed by atoms with Crippen molar-refractivity contribution in [1.82, 2.24) is 9.47 Å². The first-order valence-corrected chi connectivity index (χ1v) is 10.3. The zero-order chi connectivity index (χ0) is 20.9. The number of nitro benzene ring substituents is 1. The second-order valence-corrected chi connectivity index (χ2v) is 7.54. The van der Waals surface area contributed by atoms with Crippen molar-refractivity contribution < 1.29 is 14.5 Å². The molecule has 7 heteroatoms. The molecule has 2 aromatic carbocycles. The van der Waals surface area contributed by atoms with Crippen LogP contribution in [0.4, 0.5) is 5.69 Å². The van der Waals surface area contributed by atoms with Crippen molar-refractivity contribution in [1.29, 1.82) is 0 Å². The molecule has 0 saturated carbocycles. The highest BCUT2D eigenvalue weighted by Crippen LogP contribution is 2.24. The lowest BCUT2D eigenvalue weighted by atomic mass is 10.1. The Balaban J connectivity index is 1.41. The maximum Gasteiger partial charge on any atom is 0.269 e. The number of ether oxygens (including phenoxy) is 1. The number of aryl methyl sites for hydroxylation is 2. The molecule has 1 amide bonds. The molecule has 2 heterocycles. The van der Waals surface area contributed by atoms with Crippen molar-refractivity contribution in [3.8, 4) is 0 Å². The predicted octanol–water partition coefficient (Wildman–Crippen LogP) is 4.04. The van der Waals surface area contributed by atoms with Gasteiger partial charge < -0.3 is 14.2 Å². The van der Waals surface area contributed by atoms with Crippen LogP contribution < -0.4 is 0 Å². The molecule has 1 fully saturated rings. The molecular formula is C23H25N3O4. The zero-order valence-corrected chi connectivity index (χ0v) is 16.8. The third-order valence-corrected chi connectivity index (χ3v) is 5.58. The number of benzene rings is 2. The molecule has 1 aliphatic heterocycles. The van der Waals surface area contributed by atoms with Crippen LogP contribution in [0.1, 0.15) is 28.8 Å². The van der Waals surface area contributed by atoms with Gasteiger partial charge in [0.05, 0.1) is 23.7 Å². The molecule has 30 heavy (non-hydrogen) atoms. The van der Waals surface area contributed by atoms with Gasteiger partial charge in [0.15, 0.2) is 0 Å². The number of non-ortho nitro benzene ring substituents is 1. The van der Waals surface area contributed by atoms with Gasteiger partial charge in [0, 0.05) is 48.9 Å². The smallest absolute Gasteiger partial charge is 0.269 e. The number of amides is 1. The summed E-state index contributed by atoms with van der Waals surface area (Å²) in [4.78, 5) is 25.3. The number of hydrogen-bond donors (Lipinski definition) is 0. The molecule has 1 aromatic heterocycles. The number of unbranched alkanes of at least 4 members (excludes halogenated alkanes) is 1. The molecule has 0 radical (unpaired) electrons. The Morgan fingerprint density at radius 1 is 1.03 bits per heavy atom. The van der Waals surface area contributed by atoms with E-state index in [1.807, 2.05) is 41.4 Å². The number of morpholine rings is 1. The molecule has 4 rings (SSSR count). The molecule has 0 aliphatic carbocycles. The summed E-state index contributed by atoms with van der Waals surface area (Å²) >= 11 is 0. The number of aromatic nitrogens is 1. The van der Waals surface area contributed by atoms with E-state index < -0.39 is 0 Å². The number of carbonyl (C=O) groups is 1. The Morgan fingerprint density at radius 3 is 2.50 bits per heavy atom. The first kappa shape index (κ1) is 20.1. The van der Waals surface area contributed by atoms with Crippen LogP contribution >= 0.6 is 0 Å². The van der Waals surface area contributed by atoms with E-state index in [-0.39, 0.29) is 16.5 Å². The minimum absolute atomic E-state index is 0.0686. The Morgan fingerprint density at radius 2 is 1.77 bits per heavy atom. The number of para-hydroxylation sites is 1. The SMILES string of the molecule is O=C(c1cn(CCCCc2ccc([N+](=O)[O-])cc2)c2ccccc12)N1CCOCC1. The molecule has 0 N–H and O–H groups in total. The topological polar surface area (TPSA) is 77.6 Å². The zero-order valence-electron chi connectivity index (χ0n) is 16.8. The summed E-state index contributed by atoms with van der Waals surface area (Å²) in [6.45, 7) is 3.27. The van der Waals surface area contributed by atoms with Gasteiger partial charge in [-0.3, -0.25) is 14.9 Å². The van der Waals surface area contributed by atoms with E-state index in [4.69, 9.17) is 4.74 Å². The molecule has 0 bridgehead atoms. The van der Waals surface area contributed by atoms with Crippen molar-refractivity contribution in [2.75, 3.05) is 26.3 Å². The lowest BCUT2D eigenvalue weighted by Crippen LogP contribution is -2.40. The van der Waals surface area contributed by atoms with Gasteiger partial charge in [0.1, 0.15) is 0 Å². The third-order valence-electron chi connectivity index (χ3n) is 5.58. The van der Waals surface area contributed by atoms with Crippen molar-refractivity contribution in [2.24, 2.45) is 0 Å². The molecule has 3 aromatic rings. The van der Waals surface area contributed by atoms with E-state index >= 15 is 0 Å². The van der Waals surface area contributed by atoms with E-state index in [1.54, 1.807) is 12.1 Å². The summed E-state index contributed by atoms with van der Waals surface area (Å²) in [7, 11) is 0. The van der Waals surface area contributed by atoms with E-state index in [2.05, 4.69) is 10.6 Å². The predicted molar refractivity (Wildman–Crippen MR) is 115 cm³/mol. The quantitative estimate of drug-likeness (QED) is 0.336. The van der Waals surface area contributed by atoms with E-state index in [1.165, 1.54) is 0 Å². The van der Waals surface area contributed by atoms with E-state index in [9.17, 15) is 14.9 Å². The third kappa shape index (κ3) is 4.36. The van der Waals surface area contributed by atoms with Gasteiger partial charge in [-0.05, 0) is 30.9 Å². The van der Waals surface area contributed by atoms with Gasteiger partial charge >= 0.3 is 0 Å². The Bertz CT molecular complexity index is 1040. The minimum Gasteiger partial charge on any atom is -0.378 e. The number of nitrogens with zero attached hydrogens (tertiary/aromatic N) is 3. The highest BCUT2D eigenvalue weighted by molar-refractivity contribution is 6.07. The van der Waals surface area contributed by atoms with E-state index in [0.717, 1.165) is 47.8 Å². The van der Waals surface area contributed by atoms with Gasteiger partial charge in [-0.2, -0.15) is 0 Å². The van der Waals surface area contributed by atoms with Gasteiger partial charge in [-0.1, -0.05) is 30.3 Å². The van der Waals surface area contributed by atoms with Crippen LogP contribution in [0.2, 0.25) is 0 Å². The monoisotopic (exact) mass is 407 g/mol. The highest BCUT2D eigenvalue weighted by atomic mass is 16.6. The summed E-state index contributed by atoms with van der Waals surface area (Å²) in [5, 5.41) is 11.7. The molecular weight excluding hydrogens is 382 g/mol. The molecule has 1 saturated heterocycles. The first-order chi connectivity index (χ1) is 14.6. The summed E-state index contributed by atoms with van der Waals surface area (Å²) in [6.07, 6.45) is 4.78. The van der Waals surface area contributed by atoms with Crippen LogP contribution in [0.25, 0.3) is 10.9 Å². The lowest BCUT2D eigenvalue weighted by Gasteiger charge is -2.26. The molecule has 0 unspecified atom stereocenters. The average molecular weight is 407 g/mol. The molecule has 0 spiro atoms. The van der Waals surface area contributed by atoms with Crippen LogP contribution in [0, 0.1) is 10.1 Å². The molecule has 156 valence electrons. The Kier molecular flexibility index (Phi) is 6.09. The normalized spacial score (nSPS) is 14.2. The lowest BCUT2D eigenvalue weighted by molar-refractivity contribution is -0.384. The first-order valence-electron chi connectivity index (χ1n) is 10.3. The second kappa shape index (κ2) is 9.09. The number of carbonyl (C=O) groups excluding carboxylic acids is 1. The van der Waals surface area contributed by atoms with Gasteiger partial charge in [-0.15, -0.1) is 0 Å². The second-order valence-electron chi connectivity index (χ2n) is 7.54. The fraction of sp³-hybridized carbons (Fsp3) is 0.348. The maximum absolute atomic E-state index is 13.0. The van der Waals surface area contributed by atoms with Gasteiger partial charge in [-0.25, -0.2) is 0 Å². The number of rotatable bonds is 7. The van der Waals surface area contributed by atoms with E-state index in [0.29, 0.717) is 26.3 Å². The Labute approximate surface area is 175 Å². The summed E-state index contributed by atoms with van der Waals surface area (Å²) in [6, 6.07) is 14.8. The summed E-state index contributed by atoms with van der Waals surface area (Å²) in [5.74, 6) is 0.0686. The fourth-order valence-electron chi connectivity index (χ4n) is 3.93. The molecule has 0 atom stereocenters. The van der Waals surface area contributed by atoms with Crippen LogP contribution in [-0.2, 0) is 17.7 Å². The highest BCUT2D eigenvalue weighted by Gasteiger charge is 2.22. The number of nitro groups is 1. The van der Waals surface area contributed by atoms with Crippen LogP contribution in [0.3, 0.4) is 0 Å². The standard InChI is InChI=1S/C23H25N3O4/c27-23(24-13-15-30-16-14-24)21-17-25(22-7-2-1-6-20(21)22)12-4-3-5-18-8-10-19(11-9-18)26(28)29/h1-2,6-11,17H,3-5,12-16H2.